The summed E-state index contributed by atoms with van der Waals surface area (Å²) in [5, 5.41) is 0. The number of rotatable bonds is 0. The zero-order valence-electron chi connectivity index (χ0n) is 9.86. The molecule has 5 unspecified atom stereocenters. The maximum atomic E-state index is 2.90. The van der Waals surface area contributed by atoms with Gasteiger partial charge < -0.3 is 0 Å². The zero-order valence-corrected chi connectivity index (χ0v) is 9.86. The van der Waals surface area contributed by atoms with Gasteiger partial charge in [-0.15, -0.1) is 0 Å². The van der Waals surface area contributed by atoms with Crippen LogP contribution in [0, 0.1) is 23.7 Å². The van der Waals surface area contributed by atoms with Crippen LogP contribution in [0.15, 0.2) is 0 Å². The average molecular weight is 205 g/mol. The number of nitrogens with zero attached hydrogens (tertiary/aromatic N) is 1. The molecule has 0 aromatic carbocycles. The minimum absolute atomic E-state index is 1.02. The van der Waals surface area contributed by atoms with Crippen LogP contribution in [-0.4, -0.2) is 23.5 Å². The minimum Gasteiger partial charge on any atom is -0.297 e. The van der Waals surface area contributed by atoms with Gasteiger partial charge in [-0.1, -0.05) is 13.3 Å². The van der Waals surface area contributed by atoms with Gasteiger partial charge in [0.2, 0.25) is 0 Å². The summed E-state index contributed by atoms with van der Waals surface area (Å²) in [5.41, 5.74) is 0. The Morgan fingerprint density at radius 2 is 1.80 bits per heavy atom. The number of hydrogen-bond donors (Lipinski definition) is 0. The molecule has 0 N–H and O–H groups in total. The fourth-order valence-corrected chi connectivity index (χ4v) is 5.15. The zero-order chi connectivity index (χ0) is 9.99. The van der Waals surface area contributed by atoms with E-state index >= 15 is 0 Å². The molecule has 4 fully saturated rings. The van der Waals surface area contributed by atoms with Crippen LogP contribution in [0.2, 0.25) is 0 Å². The van der Waals surface area contributed by atoms with E-state index < -0.39 is 0 Å². The van der Waals surface area contributed by atoms with Crippen LogP contribution in [0.5, 0.6) is 0 Å². The van der Waals surface area contributed by atoms with Gasteiger partial charge in [0.25, 0.3) is 0 Å². The van der Waals surface area contributed by atoms with Crippen molar-refractivity contribution in [3.63, 3.8) is 0 Å². The van der Waals surface area contributed by atoms with E-state index in [9.17, 15) is 0 Å². The Morgan fingerprint density at radius 1 is 0.867 bits per heavy atom. The molecule has 2 aliphatic carbocycles. The molecule has 2 heterocycles. The molecule has 2 saturated carbocycles. The lowest BCUT2D eigenvalue weighted by Gasteiger charge is -2.46. The van der Waals surface area contributed by atoms with Crippen molar-refractivity contribution < 1.29 is 0 Å². The summed E-state index contributed by atoms with van der Waals surface area (Å²) in [6.07, 6.45) is 9.21. The fourth-order valence-electron chi connectivity index (χ4n) is 5.15. The van der Waals surface area contributed by atoms with Crippen molar-refractivity contribution in [2.24, 2.45) is 23.7 Å². The summed E-state index contributed by atoms with van der Waals surface area (Å²) in [6, 6.07) is 2.07. The summed E-state index contributed by atoms with van der Waals surface area (Å²) >= 11 is 0. The molecule has 0 radical (unpaired) electrons. The van der Waals surface area contributed by atoms with E-state index in [1.165, 1.54) is 25.8 Å². The molecule has 84 valence electrons. The Kier molecular flexibility index (Phi) is 1.81. The van der Waals surface area contributed by atoms with Crippen molar-refractivity contribution >= 4 is 0 Å². The number of hydrogen-bond acceptors (Lipinski definition) is 1. The van der Waals surface area contributed by atoms with E-state index in [1.807, 2.05) is 0 Å². The molecule has 0 aromatic heterocycles. The van der Waals surface area contributed by atoms with Crippen LogP contribution in [0.1, 0.15) is 45.4 Å². The van der Waals surface area contributed by atoms with Gasteiger partial charge >= 0.3 is 0 Å². The molecular weight excluding hydrogens is 182 g/mol. The molecular formula is C14H23N. The largest absolute Gasteiger partial charge is 0.297 e. The lowest BCUT2D eigenvalue weighted by molar-refractivity contribution is 0.0297. The van der Waals surface area contributed by atoms with Crippen LogP contribution in [0.4, 0.5) is 0 Å². The van der Waals surface area contributed by atoms with Gasteiger partial charge in [-0.2, -0.15) is 0 Å². The van der Waals surface area contributed by atoms with Crippen LogP contribution >= 0.6 is 0 Å². The van der Waals surface area contributed by atoms with Gasteiger partial charge in [0.05, 0.1) is 0 Å². The maximum Gasteiger partial charge on any atom is 0.0133 e. The molecule has 0 spiro atoms. The van der Waals surface area contributed by atoms with E-state index in [1.54, 1.807) is 19.3 Å². The lowest BCUT2D eigenvalue weighted by atomic mass is 9.67. The van der Waals surface area contributed by atoms with E-state index in [4.69, 9.17) is 0 Å². The van der Waals surface area contributed by atoms with Crippen LogP contribution in [-0.2, 0) is 0 Å². The van der Waals surface area contributed by atoms with Crippen molar-refractivity contribution in [1.29, 1.82) is 0 Å². The molecule has 6 atom stereocenters. The quantitative estimate of drug-likeness (QED) is 0.588. The van der Waals surface area contributed by atoms with Gasteiger partial charge in [-0.3, -0.25) is 4.90 Å². The van der Waals surface area contributed by atoms with E-state index in [2.05, 4.69) is 11.8 Å². The van der Waals surface area contributed by atoms with Crippen molar-refractivity contribution in [1.82, 2.24) is 4.90 Å². The summed E-state index contributed by atoms with van der Waals surface area (Å²) in [7, 11) is 0. The van der Waals surface area contributed by atoms with Gasteiger partial charge in [0.1, 0.15) is 0 Å². The number of piperidine rings is 1. The van der Waals surface area contributed by atoms with Gasteiger partial charge in [-0.05, 0) is 62.3 Å². The van der Waals surface area contributed by atoms with Crippen LogP contribution < -0.4 is 0 Å². The highest BCUT2D eigenvalue weighted by molar-refractivity contribution is 5.11. The Labute approximate surface area is 93.2 Å². The van der Waals surface area contributed by atoms with Crippen LogP contribution in [0.25, 0.3) is 0 Å². The normalized spacial score (nSPS) is 58.2. The van der Waals surface area contributed by atoms with Crippen molar-refractivity contribution in [3.05, 3.63) is 0 Å². The predicted molar refractivity (Wildman–Crippen MR) is 61.6 cm³/mol. The highest BCUT2D eigenvalue weighted by atomic mass is 15.3. The topological polar surface area (TPSA) is 3.24 Å². The molecule has 1 heteroatoms. The second kappa shape index (κ2) is 3.00. The molecule has 1 nitrogen and oxygen atoms in total. The van der Waals surface area contributed by atoms with Gasteiger partial charge in [0.15, 0.2) is 0 Å². The first-order chi connectivity index (χ1) is 7.34. The van der Waals surface area contributed by atoms with E-state index in [0.717, 1.165) is 35.8 Å². The molecule has 15 heavy (non-hydrogen) atoms. The molecule has 0 amide bonds. The van der Waals surface area contributed by atoms with Crippen molar-refractivity contribution in [2.75, 3.05) is 6.54 Å². The number of fused-ring (bicyclic) bond motifs is 6. The first-order valence-electron chi connectivity index (χ1n) is 7.10. The summed E-state index contributed by atoms with van der Waals surface area (Å²) in [5.74, 6) is 4.40. The standard InChI is InChI=1S/C14H23N/c1-9-4-5-10-11(7-9)12-8-14(12)15-6-2-3-13(10)15/h9-14H,2-8H2,1H3/t9?,10?,11?,12?,13?,14-/m1/s1. The second-order valence-electron chi connectivity index (χ2n) is 6.66. The molecule has 0 bridgehead atoms. The lowest BCUT2D eigenvalue weighted by Crippen LogP contribution is -2.48. The molecule has 4 rings (SSSR count). The molecule has 0 aromatic rings. The van der Waals surface area contributed by atoms with E-state index in [-0.39, 0.29) is 0 Å². The molecule has 4 aliphatic rings. The molecule has 2 saturated heterocycles. The third-order valence-corrected chi connectivity index (χ3v) is 5.83. The Bertz CT molecular complexity index is 275. The minimum atomic E-state index is 1.02. The highest BCUT2D eigenvalue weighted by Crippen LogP contribution is 2.58. The summed E-state index contributed by atoms with van der Waals surface area (Å²) in [6.45, 7) is 3.92. The summed E-state index contributed by atoms with van der Waals surface area (Å²) in [4.78, 5) is 2.90. The smallest absolute Gasteiger partial charge is 0.0133 e. The van der Waals surface area contributed by atoms with Gasteiger partial charge in [0, 0.05) is 12.1 Å². The second-order valence-corrected chi connectivity index (χ2v) is 6.66. The highest BCUT2D eigenvalue weighted by Gasteiger charge is 2.58. The monoisotopic (exact) mass is 205 g/mol. The van der Waals surface area contributed by atoms with Crippen molar-refractivity contribution in [2.45, 2.75) is 57.5 Å². The van der Waals surface area contributed by atoms with Crippen molar-refractivity contribution in [3.8, 4) is 0 Å². The Morgan fingerprint density at radius 3 is 2.73 bits per heavy atom. The average Bonchev–Trinajstić information content (AvgIpc) is 2.89. The van der Waals surface area contributed by atoms with E-state index in [0.29, 0.717) is 0 Å². The van der Waals surface area contributed by atoms with Crippen LogP contribution in [0.3, 0.4) is 0 Å². The SMILES string of the molecule is CC1CCC2C(C1)C1C[C@H]1N1CCCC21. The molecule has 2 aliphatic heterocycles. The first kappa shape index (κ1) is 9.04. The van der Waals surface area contributed by atoms with Gasteiger partial charge in [-0.25, -0.2) is 0 Å². The Balaban J connectivity index is 1.63. The third-order valence-electron chi connectivity index (χ3n) is 5.83. The Hall–Kier alpha value is -0.0400. The third kappa shape index (κ3) is 1.19. The first-order valence-corrected chi connectivity index (χ1v) is 7.10. The predicted octanol–water partition coefficient (Wildman–Crippen LogP) is 2.91. The summed E-state index contributed by atoms with van der Waals surface area (Å²) < 4.78 is 0. The maximum absolute atomic E-state index is 2.90. The fraction of sp³-hybridized carbons (Fsp3) is 1.00.